The lowest BCUT2D eigenvalue weighted by Gasteiger charge is -2.08. The molecule has 1 aromatic heterocycles. The van der Waals surface area contributed by atoms with Gasteiger partial charge in [0.05, 0.1) is 18.0 Å². The highest BCUT2D eigenvalue weighted by atomic mass is 16.5. The fourth-order valence-corrected chi connectivity index (χ4v) is 3.37. The smallest absolute Gasteiger partial charge is 0.299 e. The van der Waals surface area contributed by atoms with Crippen molar-refractivity contribution in [3.8, 4) is 28.3 Å². The van der Waals surface area contributed by atoms with Gasteiger partial charge in [0.1, 0.15) is 17.2 Å². The second kappa shape index (κ2) is 8.81. The predicted molar refractivity (Wildman–Crippen MR) is 124 cm³/mol. The van der Waals surface area contributed by atoms with Crippen molar-refractivity contribution < 1.29 is 9.84 Å². The number of hydrogen-bond donors (Lipinski definition) is 3. The summed E-state index contributed by atoms with van der Waals surface area (Å²) in [5.74, 6) is 0.611. The minimum Gasteiger partial charge on any atom is -0.508 e. The van der Waals surface area contributed by atoms with Crippen molar-refractivity contribution >= 4 is 17.1 Å². The number of aromatic hydroxyl groups is 1. The van der Waals surface area contributed by atoms with E-state index in [1.54, 1.807) is 43.3 Å². The van der Waals surface area contributed by atoms with Crippen LogP contribution in [0.25, 0.3) is 16.8 Å². The molecule has 162 valence electrons. The van der Waals surface area contributed by atoms with E-state index < -0.39 is 0 Å². The summed E-state index contributed by atoms with van der Waals surface area (Å²) >= 11 is 0. The Labute approximate surface area is 184 Å². The standard InChI is InChI=1S/C24H23N5O3/c1-3-32-22-10-5-4-9-21(22)26-27-23-15(2)28-29(24(23)31)19-12-17(13-20(30)14-19)16-7-6-8-18(25)11-16/h4-14,28,30H,3,25H2,1-2H3. The number of anilines is 1. The number of nitrogens with zero attached hydrogens (tertiary/aromatic N) is 3. The number of benzene rings is 3. The number of ether oxygens (including phenoxy) is 1. The maximum absolute atomic E-state index is 13.1. The lowest BCUT2D eigenvalue weighted by molar-refractivity contribution is 0.341. The van der Waals surface area contributed by atoms with Crippen LogP contribution in [0.1, 0.15) is 12.6 Å². The van der Waals surface area contributed by atoms with E-state index in [2.05, 4.69) is 15.3 Å². The molecule has 8 heteroatoms. The number of aromatic nitrogens is 2. The second-order valence-electron chi connectivity index (χ2n) is 7.19. The minimum absolute atomic E-state index is 0.0212. The van der Waals surface area contributed by atoms with Crippen LogP contribution < -0.4 is 16.0 Å². The van der Waals surface area contributed by atoms with Crippen LogP contribution in [-0.4, -0.2) is 21.5 Å². The molecule has 0 radical (unpaired) electrons. The number of nitrogens with two attached hydrogens (primary N) is 1. The third-order valence-electron chi connectivity index (χ3n) is 4.84. The molecule has 4 rings (SSSR count). The quantitative estimate of drug-likeness (QED) is 0.287. The summed E-state index contributed by atoms with van der Waals surface area (Å²) in [6, 6.07) is 19.4. The number of H-pyrrole nitrogens is 1. The van der Waals surface area contributed by atoms with Gasteiger partial charge >= 0.3 is 0 Å². The van der Waals surface area contributed by atoms with Crippen LogP contribution in [0.5, 0.6) is 11.5 Å². The minimum atomic E-state index is -0.385. The van der Waals surface area contributed by atoms with Crippen LogP contribution in [0.2, 0.25) is 0 Å². The topological polar surface area (TPSA) is 118 Å². The maximum atomic E-state index is 13.1. The van der Waals surface area contributed by atoms with Crippen molar-refractivity contribution in [1.29, 1.82) is 0 Å². The highest BCUT2D eigenvalue weighted by molar-refractivity contribution is 5.71. The summed E-state index contributed by atoms with van der Waals surface area (Å²) in [6.45, 7) is 4.12. The van der Waals surface area contributed by atoms with Crippen LogP contribution in [-0.2, 0) is 0 Å². The van der Waals surface area contributed by atoms with E-state index in [0.717, 1.165) is 11.1 Å². The Hall–Kier alpha value is -4.33. The van der Waals surface area contributed by atoms with Gasteiger partial charge in [-0.1, -0.05) is 24.3 Å². The van der Waals surface area contributed by atoms with Crippen molar-refractivity contribution in [2.75, 3.05) is 12.3 Å². The number of aryl methyl sites for hydroxylation is 1. The van der Waals surface area contributed by atoms with E-state index in [0.29, 0.717) is 35.1 Å². The second-order valence-corrected chi connectivity index (χ2v) is 7.19. The number of hydrogen-bond acceptors (Lipinski definition) is 6. The fourth-order valence-electron chi connectivity index (χ4n) is 3.37. The van der Waals surface area contributed by atoms with Crippen molar-refractivity contribution in [2.24, 2.45) is 10.2 Å². The predicted octanol–water partition coefficient (Wildman–Crippen LogP) is 5.24. The molecule has 0 saturated carbocycles. The summed E-state index contributed by atoms with van der Waals surface area (Å²) in [7, 11) is 0. The van der Waals surface area contributed by atoms with Crippen molar-refractivity contribution in [3.05, 3.63) is 82.8 Å². The van der Waals surface area contributed by atoms with E-state index in [4.69, 9.17) is 10.5 Å². The first-order chi connectivity index (χ1) is 15.5. The number of azo groups is 1. The van der Waals surface area contributed by atoms with Gasteiger partial charge in [-0.3, -0.25) is 9.89 Å². The summed E-state index contributed by atoms with van der Waals surface area (Å²) in [5.41, 5.74) is 9.36. The van der Waals surface area contributed by atoms with E-state index in [1.807, 2.05) is 31.2 Å². The number of aromatic amines is 1. The van der Waals surface area contributed by atoms with Gasteiger partial charge in [-0.15, -0.1) is 10.2 Å². The number of phenolic OH excluding ortho intramolecular Hbond substituents is 1. The Morgan fingerprint density at radius 1 is 1.03 bits per heavy atom. The van der Waals surface area contributed by atoms with Gasteiger partial charge in [0, 0.05) is 11.8 Å². The Bertz CT molecular complexity index is 1350. The zero-order valence-electron chi connectivity index (χ0n) is 17.7. The third-order valence-corrected chi connectivity index (χ3v) is 4.84. The first kappa shape index (κ1) is 20.9. The van der Waals surface area contributed by atoms with Crippen molar-refractivity contribution in [2.45, 2.75) is 13.8 Å². The molecule has 8 nitrogen and oxygen atoms in total. The maximum Gasteiger partial charge on any atom is 0.299 e. The first-order valence-corrected chi connectivity index (χ1v) is 10.1. The first-order valence-electron chi connectivity index (χ1n) is 10.1. The molecule has 32 heavy (non-hydrogen) atoms. The number of nitrogen functional groups attached to an aromatic ring is 1. The summed E-state index contributed by atoms with van der Waals surface area (Å²) in [5, 5.41) is 21.7. The lowest BCUT2D eigenvalue weighted by atomic mass is 10.0. The molecular weight excluding hydrogens is 406 g/mol. The molecular formula is C24H23N5O3. The molecule has 1 heterocycles. The molecule has 0 aliphatic heterocycles. The van der Waals surface area contributed by atoms with E-state index in [-0.39, 0.29) is 17.0 Å². The molecule has 0 aliphatic rings. The van der Waals surface area contributed by atoms with Gasteiger partial charge in [-0.2, -0.15) is 0 Å². The van der Waals surface area contributed by atoms with Crippen LogP contribution in [0, 0.1) is 6.92 Å². The largest absolute Gasteiger partial charge is 0.508 e. The van der Waals surface area contributed by atoms with Gasteiger partial charge in [0.15, 0.2) is 5.69 Å². The lowest BCUT2D eigenvalue weighted by Crippen LogP contribution is -2.14. The van der Waals surface area contributed by atoms with Crippen LogP contribution in [0.15, 0.2) is 81.8 Å². The molecule has 0 saturated heterocycles. The Morgan fingerprint density at radius 2 is 1.84 bits per heavy atom. The van der Waals surface area contributed by atoms with E-state index in [1.165, 1.54) is 10.7 Å². The zero-order chi connectivity index (χ0) is 22.7. The molecule has 0 fully saturated rings. The molecule has 4 N–H and O–H groups in total. The van der Waals surface area contributed by atoms with Crippen molar-refractivity contribution in [1.82, 2.24) is 9.78 Å². The average Bonchev–Trinajstić information content (AvgIpc) is 3.06. The number of para-hydroxylation sites is 1. The van der Waals surface area contributed by atoms with Gasteiger partial charge in [-0.25, -0.2) is 4.68 Å². The highest BCUT2D eigenvalue weighted by Gasteiger charge is 2.14. The molecule has 0 aliphatic carbocycles. The fraction of sp³-hybridized carbons (Fsp3) is 0.125. The monoisotopic (exact) mass is 429 g/mol. The Balaban J connectivity index is 1.74. The SMILES string of the molecule is CCOc1ccccc1N=Nc1c(C)[nH]n(-c2cc(O)cc(-c3cccc(N)c3)c2)c1=O. The Kier molecular flexibility index (Phi) is 5.76. The van der Waals surface area contributed by atoms with Crippen molar-refractivity contribution in [3.63, 3.8) is 0 Å². The van der Waals surface area contributed by atoms with E-state index in [9.17, 15) is 9.90 Å². The molecule has 4 aromatic rings. The molecule has 0 amide bonds. The van der Waals surface area contributed by atoms with Gasteiger partial charge < -0.3 is 15.6 Å². The molecule has 3 aromatic carbocycles. The summed E-state index contributed by atoms with van der Waals surface area (Å²) in [4.78, 5) is 13.1. The van der Waals surface area contributed by atoms with Crippen LogP contribution >= 0.6 is 0 Å². The average molecular weight is 429 g/mol. The number of rotatable bonds is 6. The Morgan fingerprint density at radius 3 is 2.62 bits per heavy atom. The highest BCUT2D eigenvalue weighted by Crippen LogP contribution is 2.30. The molecule has 0 unspecified atom stereocenters. The third kappa shape index (κ3) is 4.24. The molecule has 0 bridgehead atoms. The van der Waals surface area contributed by atoms with Gasteiger partial charge in [-0.05, 0) is 61.4 Å². The summed E-state index contributed by atoms with van der Waals surface area (Å²) in [6.07, 6.45) is 0. The van der Waals surface area contributed by atoms with E-state index >= 15 is 0 Å². The normalized spacial score (nSPS) is 11.2. The molecule has 0 spiro atoms. The van der Waals surface area contributed by atoms with Crippen LogP contribution in [0.4, 0.5) is 17.1 Å². The number of phenols is 1. The van der Waals surface area contributed by atoms with Crippen LogP contribution in [0.3, 0.4) is 0 Å². The van der Waals surface area contributed by atoms with Gasteiger partial charge in [0.25, 0.3) is 5.56 Å². The number of nitrogens with one attached hydrogen (secondary N) is 1. The summed E-state index contributed by atoms with van der Waals surface area (Å²) < 4.78 is 6.88. The molecule has 0 atom stereocenters. The van der Waals surface area contributed by atoms with Gasteiger partial charge in [0.2, 0.25) is 0 Å². The zero-order valence-corrected chi connectivity index (χ0v) is 17.7.